The van der Waals surface area contributed by atoms with Crippen LogP contribution in [0.4, 0.5) is 0 Å². The lowest BCUT2D eigenvalue weighted by atomic mass is 10.2. The highest BCUT2D eigenvalue weighted by Gasteiger charge is 2.08. The second-order valence-electron chi connectivity index (χ2n) is 4.43. The first-order valence-corrected chi connectivity index (χ1v) is 6.36. The van der Waals surface area contributed by atoms with Crippen molar-refractivity contribution in [2.75, 3.05) is 6.61 Å². The van der Waals surface area contributed by atoms with E-state index in [1.54, 1.807) is 10.9 Å². The van der Waals surface area contributed by atoms with Gasteiger partial charge in [0.2, 0.25) is 0 Å². The van der Waals surface area contributed by atoms with E-state index in [1.165, 1.54) is 0 Å². The van der Waals surface area contributed by atoms with E-state index in [1.807, 2.05) is 36.4 Å². The molecular weight excluding hydrogens is 256 g/mol. The number of rotatable bonds is 5. The van der Waals surface area contributed by atoms with E-state index in [0.29, 0.717) is 13.0 Å². The molecule has 3 rings (SSSR count). The molecule has 102 valence electrons. The standard InChI is InChI=1S/C14H14N4O2/c19-7-6-12-9-18(17-15-12)10-13-8-14(20-16-13)11-4-2-1-3-5-11/h1-5,8-9,19H,6-7,10H2. The summed E-state index contributed by atoms with van der Waals surface area (Å²) in [7, 11) is 0. The Balaban J connectivity index is 1.73. The van der Waals surface area contributed by atoms with Crippen LogP contribution in [0, 0.1) is 0 Å². The molecule has 1 aromatic carbocycles. The largest absolute Gasteiger partial charge is 0.396 e. The van der Waals surface area contributed by atoms with Gasteiger partial charge in [0.25, 0.3) is 0 Å². The first-order valence-electron chi connectivity index (χ1n) is 6.36. The molecule has 0 saturated carbocycles. The van der Waals surface area contributed by atoms with Gasteiger partial charge >= 0.3 is 0 Å². The summed E-state index contributed by atoms with van der Waals surface area (Å²) in [6.45, 7) is 0.565. The van der Waals surface area contributed by atoms with E-state index in [-0.39, 0.29) is 6.61 Å². The van der Waals surface area contributed by atoms with Crippen molar-refractivity contribution in [1.29, 1.82) is 0 Å². The number of aromatic nitrogens is 4. The molecule has 6 nitrogen and oxygen atoms in total. The number of aliphatic hydroxyl groups is 1. The van der Waals surface area contributed by atoms with Gasteiger partial charge in [-0.1, -0.05) is 40.7 Å². The maximum Gasteiger partial charge on any atom is 0.167 e. The van der Waals surface area contributed by atoms with Crippen molar-refractivity contribution >= 4 is 0 Å². The van der Waals surface area contributed by atoms with E-state index in [0.717, 1.165) is 22.7 Å². The molecule has 2 aromatic heterocycles. The van der Waals surface area contributed by atoms with Crippen LogP contribution in [0.15, 0.2) is 47.1 Å². The minimum absolute atomic E-state index is 0.0702. The minimum atomic E-state index is 0.0702. The predicted octanol–water partition coefficient (Wildman–Crippen LogP) is 1.52. The van der Waals surface area contributed by atoms with Gasteiger partial charge in [-0.05, 0) is 0 Å². The van der Waals surface area contributed by atoms with Crippen LogP contribution in [-0.2, 0) is 13.0 Å². The van der Waals surface area contributed by atoms with Crippen molar-refractivity contribution < 1.29 is 9.63 Å². The molecule has 0 saturated heterocycles. The fourth-order valence-electron chi connectivity index (χ4n) is 1.94. The van der Waals surface area contributed by atoms with Gasteiger partial charge in [-0.3, -0.25) is 0 Å². The van der Waals surface area contributed by atoms with Crippen LogP contribution in [-0.4, -0.2) is 31.9 Å². The predicted molar refractivity (Wildman–Crippen MR) is 71.9 cm³/mol. The molecule has 0 atom stereocenters. The quantitative estimate of drug-likeness (QED) is 0.760. The lowest BCUT2D eigenvalue weighted by molar-refractivity contribution is 0.298. The Hall–Kier alpha value is -2.47. The Labute approximate surface area is 115 Å². The molecule has 0 fully saturated rings. The normalized spacial score (nSPS) is 10.8. The van der Waals surface area contributed by atoms with Gasteiger partial charge in [0.05, 0.1) is 12.2 Å². The summed E-state index contributed by atoms with van der Waals surface area (Å²) < 4.78 is 7.00. The third-order valence-electron chi connectivity index (χ3n) is 2.90. The fraction of sp³-hybridized carbons (Fsp3) is 0.214. The van der Waals surface area contributed by atoms with Crippen molar-refractivity contribution in [3.8, 4) is 11.3 Å². The van der Waals surface area contributed by atoms with Crippen LogP contribution in [0.3, 0.4) is 0 Å². The second-order valence-corrected chi connectivity index (χ2v) is 4.43. The summed E-state index contributed by atoms with van der Waals surface area (Å²) in [6.07, 6.45) is 2.31. The molecule has 0 aliphatic rings. The molecule has 20 heavy (non-hydrogen) atoms. The molecular formula is C14H14N4O2. The fourth-order valence-corrected chi connectivity index (χ4v) is 1.94. The van der Waals surface area contributed by atoms with Crippen LogP contribution >= 0.6 is 0 Å². The number of aliphatic hydroxyl groups excluding tert-OH is 1. The summed E-state index contributed by atoms with van der Waals surface area (Å²) in [6, 6.07) is 11.7. The molecule has 1 N–H and O–H groups in total. The number of benzene rings is 1. The Morgan fingerprint density at radius 2 is 2.00 bits per heavy atom. The molecule has 0 unspecified atom stereocenters. The summed E-state index contributed by atoms with van der Waals surface area (Å²) >= 11 is 0. The van der Waals surface area contributed by atoms with E-state index in [2.05, 4.69) is 15.5 Å². The molecule has 0 spiro atoms. The van der Waals surface area contributed by atoms with Crippen molar-refractivity contribution in [2.45, 2.75) is 13.0 Å². The van der Waals surface area contributed by atoms with Gasteiger partial charge < -0.3 is 9.63 Å². The summed E-state index contributed by atoms with van der Waals surface area (Å²) in [5, 5.41) is 20.8. The number of nitrogens with zero attached hydrogens (tertiary/aromatic N) is 4. The zero-order valence-electron chi connectivity index (χ0n) is 10.8. The monoisotopic (exact) mass is 270 g/mol. The van der Waals surface area contributed by atoms with Crippen molar-refractivity contribution in [1.82, 2.24) is 20.2 Å². The van der Waals surface area contributed by atoms with Crippen LogP contribution in [0.5, 0.6) is 0 Å². The zero-order valence-corrected chi connectivity index (χ0v) is 10.8. The third kappa shape index (κ3) is 2.75. The van der Waals surface area contributed by atoms with E-state index >= 15 is 0 Å². The average Bonchev–Trinajstić information content (AvgIpc) is 3.11. The third-order valence-corrected chi connectivity index (χ3v) is 2.90. The Bertz CT molecular complexity index is 675. The molecule has 0 amide bonds. The Morgan fingerprint density at radius 3 is 2.80 bits per heavy atom. The van der Waals surface area contributed by atoms with E-state index < -0.39 is 0 Å². The topological polar surface area (TPSA) is 77.0 Å². The molecule has 0 radical (unpaired) electrons. The van der Waals surface area contributed by atoms with Crippen molar-refractivity contribution in [3.05, 3.63) is 54.0 Å². The zero-order chi connectivity index (χ0) is 13.8. The van der Waals surface area contributed by atoms with Gasteiger partial charge in [-0.2, -0.15) is 0 Å². The van der Waals surface area contributed by atoms with Gasteiger partial charge in [0.15, 0.2) is 5.76 Å². The smallest absolute Gasteiger partial charge is 0.167 e. The van der Waals surface area contributed by atoms with Crippen molar-refractivity contribution in [2.24, 2.45) is 0 Å². The first kappa shape index (κ1) is 12.6. The highest BCUT2D eigenvalue weighted by Crippen LogP contribution is 2.19. The van der Waals surface area contributed by atoms with E-state index in [9.17, 15) is 0 Å². The Morgan fingerprint density at radius 1 is 1.15 bits per heavy atom. The van der Waals surface area contributed by atoms with Crippen LogP contribution < -0.4 is 0 Å². The Kier molecular flexibility index (Phi) is 3.56. The number of hydrogen-bond donors (Lipinski definition) is 1. The summed E-state index contributed by atoms with van der Waals surface area (Å²) in [4.78, 5) is 0. The van der Waals surface area contributed by atoms with Gasteiger partial charge in [-0.25, -0.2) is 4.68 Å². The lowest BCUT2D eigenvalue weighted by Gasteiger charge is -1.93. The molecule has 6 heteroatoms. The first-order chi connectivity index (χ1) is 9.85. The van der Waals surface area contributed by atoms with Gasteiger partial charge in [0.1, 0.15) is 5.69 Å². The molecule has 0 bridgehead atoms. The van der Waals surface area contributed by atoms with Crippen LogP contribution in [0.2, 0.25) is 0 Å². The highest BCUT2D eigenvalue weighted by molar-refractivity contribution is 5.56. The molecule has 0 aliphatic carbocycles. The lowest BCUT2D eigenvalue weighted by Crippen LogP contribution is -2.00. The van der Waals surface area contributed by atoms with Crippen LogP contribution in [0.1, 0.15) is 11.4 Å². The second kappa shape index (κ2) is 5.66. The minimum Gasteiger partial charge on any atom is -0.396 e. The molecule has 2 heterocycles. The maximum absolute atomic E-state index is 8.84. The van der Waals surface area contributed by atoms with Gasteiger partial charge in [-0.15, -0.1) is 5.10 Å². The van der Waals surface area contributed by atoms with Gasteiger partial charge in [0, 0.05) is 30.9 Å². The maximum atomic E-state index is 8.84. The molecule has 0 aliphatic heterocycles. The SMILES string of the molecule is OCCc1cn(Cc2cc(-c3ccccc3)on2)nn1. The number of hydrogen-bond acceptors (Lipinski definition) is 5. The van der Waals surface area contributed by atoms with Crippen molar-refractivity contribution in [3.63, 3.8) is 0 Å². The van der Waals surface area contributed by atoms with E-state index in [4.69, 9.17) is 9.63 Å². The average molecular weight is 270 g/mol. The highest BCUT2D eigenvalue weighted by atomic mass is 16.5. The van der Waals surface area contributed by atoms with Crippen LogP contribution in [0.25, 0.3) is 11.3 Å². The summed E-state index contributed by atoms with van der Waals surface area (Å²) in [5.74, 6) is 0.733. The summed E-state index contributed by atoms with van der Waals surface area (Å²) in [5.41, 5.74) is 2.54. The molecule has 3 aromatic rings.